The van der Waals surface area contributed by atoms with E-state index in [0.717, 1.165) is 116 Å². The molecule has 1 saturated heterocycles. The molecule has 8 unspecified atom stereocenters. The zero-order valence-corrected chi connectivity index (χ0v) is 53.0. The van der Waals surface area contributed by atoms with Crippen molar-refractivity contribution in [1.29, 1.82) is 0 Å². The van der Waals surface area contributed by atoms with Crippen LogP contribution >= 0.6 is 0 Å². The summed E-state index contributed by atoms with van der Waals surface area (Å²) >= 11 is 0. The lowest BCUT2D eigenvalue weighted by molar-refractivity contribution is -0.305. The topological polar surface area (TPSA) is 175 Å². The molecule has 0 radical (unpaired) electrons. The molecule has 1 heterocycles. The van der Waals surface area contributed by atoms with Crippen LogP contribution in [-0.2, 0) is 23.8 Å². The van der Waals surface area contributed by atoms with Crippen molar-refractivity contribution in [3.63, 3.8) is 0 Å². The Morgan fingerprint density at radius 1 is 0.470 bits per heavy atom. The van der Waals surface area contributed by atoms with Gasteiger partial charge in [0.1, 0.15) is 24.4 Å². The van der Waals surface area contributed by atoms with Crippen molar-refractivity contribution in [1.82, 2.24) is 5.32 Å². The number of amides is 1. The molecule has 1 rings (SSSR count). The van der Waals surface area contributed by atoms with Crippen LogP contribution in [0.25, 0.3) is 0 Å². The van der Waals surface area contributed by atoms with Gasteiger partial charge in [0.15, 0.2) is 12.4 Å². The minimum atomic E-state index is -1.62. The Morgan fingerprint density at radius 3 is 1.27 bits per heavy atom. The van der Waals surface area contributed by atoms with Gasteiger partial charge in [-0.05, 0) is 109 Å². The molecule has 83 heavy (non-hydrogen) atoms. The summed E-state index contributed by atoms with van der Waals surface area (Å²) in [5, 5.41) is 57.1. The van der Waals surface area contributed by atoms with E-state index in [1.807, 2.05) is 6.08 Å². The SMILES string of the molecule is CCCCC/C=C\C/C=C\C/C=C\C/C=C\CCCCCCC(O)C(=O)NC(COC1OC(CO)C(O)C(O)C1OC(=O)CCCCCCCCCCCC/C=C\C/C=C\C/C=C\CCCCC)C(O)/C=C/CCCCCCCCCCC. The summed E-state index contributed by atoms with van der Waals surface area (Å²) < 4.78 is 17.7. The van der Waals surface area contributed by atoms with Crippen molar-refractivity contribution >= 4 is 11.9 Å². The fourth-order valence-corrected chi connectivity index (χ4v) is 10.1. The summed E-state index contributed by atoms with van der Waals surface area (Å²) in [6.07, 6.45) is 68.7. The van der Waals surface area contributed by atoms with Gasteiger partial charge in [-0.3, -0.25) is 9.59 Å². The number of aliphatic hydroxyl groups is 5. The molecule has 1 aliphatic heterocycles. The maximum atomic E-state index is 13.4. The zero-order chi connectivity index (χ0) is 60.3. The number of aliphatic hydroxyl groups excluding tert-OH is 5. The van der Waals surface area contributed by atoms with E-state index in [0.29, 0.717) is 12.8 Å². The average molecular weight is 1160 g/mol. The van der Waals surface area contributed by atoms with Gasteiger partial charge in [-0.1, -0.05) is 266 Å². The third kappa shape index (κ3) is 46.5. The van der Waals surface area contributed by atoms with Gasteiger partial charge in [0.05, 0.1) is 25.4 Å². The molecule has 0 spiro atoms. The number of carbonyl (C=O) groups excluding carboxylic acids is 2. The normalized spacial score (nSPS) is 19.2. The van der Waals surface area contributed by atoms with Crippen LogP contribution in [0.15, 0.2) is 97.2 Å². The van der Waals surface area contributed by atoms with Gasteiger partial charge >= 0.3 is 5.97 Å². The number of rotatable bonds is 57. The number of hydrogen-bond donors (Lipinski definition) is 6. The lowest BCUT2D eigenvalue weighted by Gasteiger charge is -2.41. The Balaban J connectivity index is 2.62. The van der Waals surface area contributed by atoms with Crippen molar-refractivity contribution in [2.75, 3.05) is 13.2 Å². The van der Waals surface area contributed by atoms with Crippen molar-refractivity contribution < 1.29 is 49.3 Å². The van der Waals surface area contributed by atoms with Crippen molar-refractivity contribution in [3.8, 4) is 0 Å². The molecule has 0 saturated carbocycles. The first-order chi connectivity index (χ1) is 40.7. The van der Waals surface area contributed by atoms with E-state index in [1.165, 1.54) is 122 Å². The third-order valence-electron chi connectivity index (χ3n) is 15.5. The highest BCUT2D eigenvalue weighted by molar-refractivity contribution is 5.80. The first-order valence-electron chi connectivity index (χ1n) is 34.0. The fourth-order valence-electron chi connectivity index (χ4n) is 10.1. The number of allylic oxidation sites excluding steroid dienone is 15. The summed E-state index contributed by atoms with van der Waals surface area (Å²) in [7, 11) is 0. The van der Waals surface area contributed by atoms with Crippen LogP contribution in [0.2, 0.25) is 0 Å². The van der Waals surface area contributed by atoms with E-state index in [9.17, 15) is 35.1 Å². The summed E-state index contributed by atoms with van der Waals surface area (Å²) in [4.78, 5) is 26.6. The van der Waals surface area contributed by atoms with Gasteiger partial charge in [0.25, 0.3) is 0 Å². The van der Waals surface area contributed by atoms with Gasteiger partial charge in [0.2, 0.25) is 5.91 Å². The Kier molecular flexibility index (Phi) is 55.1. The molecule has 1 amide bonds. The molecule has 0 aliphatic carbocycles. The molecule has 0 bridgehead atoms. The number of carbonyl (C=O) groups is 2. The highest BCUT2D eigenvalue weighted by Gasteiger charge is 2.47. The zero-order valence-electron chi connectivity index (χ0n) is 53.0. The lowest BCUT2D eigenvalue weighted by Crippen LogP contribution is -2.61. The van der Waals surface area contributed by atoms with Crippen molar-refractivity contribution in [2.24, 2.45) is 0 Å². The molecular formula is C72H125NO10. The molecule has 6 N–H and O–H groups in total. The van der Waals surface area contributed by atoms with Gasteiger partial charge in [-0.15, -0.1) is 0 Å². The van der Waals surface area contributed by atoms with E-state index in [1.54, 1.807) is 6.08 Å². The largest absolute Gasteiger partial charge is 0.454 e. The Labute approximate surface area is 507 Å². The minimum Gasteiger partial charge on any atom is -0.454 e. The van der Waals surface area contributed by atoms with Crippen molar-refractivity contribution in [3.05, 3.63) is 97.2 Å². The van der Waals surface area contributed by atoms with Gasteiger partial charge in [0, 0.05) is 6.42 Å². The van der Waals surface area contributed by atoms with Crippen LogP contribution in [0.3, 0.4) is 0 Å². The highest BCUT2D eigenvalue weighted by atomic mass is 16.7. The maximum Gasteiger partial charge on any atom is 0.306 e. The second kappa shape index (κ2) is 58.9. The van der Waals surface area contributed by atoms with Crippen LogP contribution in [0.1, 0.15) is 284 Å². The summed E-state index contributed by atoms with van der Waals surface area (Å²) in [6, 6.07) is -1.04. The molecule has 0 aromatic rings. The first kappa shape index (κ1) is 77.6. The fraction of sp³-hybridized carbons (Fsp3) is 0.750. The second-order valence-corrected chi connectivity index (χ2v) is 23.2. The van der Waals surface area contributed by atoms with Gasteiger partial charge < -0.3 is 45.1 Å². The van der Waals surface area contributed by atoms with Crippen molar-refractivity contribution in [2.45, 2.75) is 333 Å². The molecule has 1 fully saturated rings. The molecule has 0 aromatic heterocycles. The molecular weight excluding hydrogens is 1040 g/mol. The molecule has 11 heteroatoms. The lowest BCUT2D eigenvalue weighted by atomic mass is 9.99. The van der Waals surface area contributed by atoms with E-state index in [-0.39, 0.29) is 19.4 Å². The summed E-state index contributed by atoms with van der Waals surface area (Å²) in [6.45, 7) is 5.72. The Morgan fingerprint density at radius 2 is 0.831 bits per heavy atom. The van der Waals surface area contributed by atoms with E-state index in [4.69, 9.17) is 14.2 Å². The molecule has 1 aliphatic rings. The first-order valence-corrected chi connectivity index (χ1v) is 34.0. The molecule has 11 nitrogen and oxygen atoms in total. The number of esters is 1. The third-order valence-corrected chi connectivity index (χ3v) is 15.5. The van der Waals surface area contributed by atoms with Crippen LogP contribution in [0.4, 0.5) is 0 Å². The molecule has 8 atom stereocenters. The van der Waals surface area contributed by atoms with Crippen LogP contribution < -0.4 is 5.32 Å². The smallest absolute Gasteiger partial charge is 0.306 e. The number of unbranched alkanes of at least 4 members (excludes halogenated alkanes) is 29. The standard InChI is InChI=1S/C72H125NO10/c1-4-7-10-13-16-19-22-24-26-28-30-32-33-34-36-38-40-42-45-48-51-54-57-60-67(77)83-70-69(79)68(78)66(61-74)82-72(70)81-62-63(64(75)58-55-52-49-46-43-21-18-15-12-9-6-3)73-71(80)65(76)59-56-53-50-47-44-41-39-37-35-31-29-27-25-23-20-17-14-11-8-5-2/h16-17,19-20,24-27,30-32,35,39,41,55,58,63-66,68-70,72,74-76,78-79H,4-15,18,21-23,28-29,33-34,36-38,40,42-54,56-57,59-62H2,1-3H3,(H,73,80)/b19-16-,20-17-,26-24-,27-25-,32-30-,35-31-,41-39-,58-55+. The minimum absolute atomic E-state index is 0.112. The monoisotopic (exact) mass is 1160 g/mol. The Bertz CT molecular complexity index is 1720. The number of ether oxygens (including phenoxy) is 3. The maximum absolute atomic E-state index is 13.4. The number of hydrogen-bond acceptors (Lipinski definition) is 10. The summed E-state index contributed by atoms with van der Waals surface area (Å²) in [5.41, 5.74) is 0. The highest BCUT2D eigenvalue weighted by Crippen LogP contribution is 2.26. The van der Waals surface area contributed by atoms with E-state index >= 15 is 0 Å². The summed E-state index contributed by atoms with van der Waals surface area (Å²) in [5.74, 6) is -1.22. The second-order valence-electron chi connectivity index (χ2n) is 23.2. The Hall–Kier alpha value is -3.42. The average Bonchev–Trinajstić information content (AvgIpc) is 3.61. The predicted molar refractivity (Wildman–Crippen MR) is 347 cm³/mol. The van der Waals surface area contributed by atoms with Gasteiger partial charge in [-0.2, -0.15) is 0 Å². The van der Waals surface area contributed by atoms with Crippen LogP contribution in [0.5, 0.6) is 0 Å². The molecule has 478 valence electrons. The predicted octanol–water partition coefficient (Wildman–Crippen LogP) is 17.1. The quantitative estimate of drug-likeness (QED) is 0.0195. The van der Waals surface area contributed by atoms with Crippen LogP contribution in [0, 0.1) is 0 Å². The molecule has 0 aromatic carbocycles. The van der Waals surface area contributed by atoms with Crippen LogP contribution in [-0.4, -0.2) is 99.6 Å². The van der Waals surface area contributed by atoms with E-state index in [2.05, 4.69) is 111 Å². The number of nitrogens with one attached hydrogen (secondary N) is 1. The van der Waals surface area contributed by atoms with E-state index < -0.39 is 67.4 Å². The van der Waals surface area contributed by atoms with Gasteiger partial charge in [-0.25, -0.2) is 0 Å².